The summed E-state index contributed by atoms with van der Waals surface area (Å²) < 4.78 is 6.11. The number of halogens is 1. The Morgan fingerprint density at radius 2 is 2.45 bits per heavy atom. The minimum atomic E-state index is -0.251. The summed E-state index contributed by atoms with van der Waals surface area (Å²) in [6.07, 6.45) is 2.94. The standard InChI is InChI=1S/C8H11BrO2/c1-6(10)2-3-8-4-7(9)5-11-8/h4-6,10H,2-3H2,1H3/t6-/m1/s1. The zero-order valence-corrected chi connectivity index (χ0v) is 7.97. The van der Waals surface area contributed by atoms with Crippen LogP contribution in [0.2, 0.25) is 0 Å². The normalized spacial score (nSPS) is 13.4. The van der Waals surface area contributed by atoms with Gasteiger partial charge in [0.2, 0.25) is 0 Å². The fourth-order valence-electron chi connectivity index (χ4n) is 0.836. The van der Waals surface area contributed by atoms with Crippen molar-refractivity contribution in [2.45, 2.75) is 25.9 Å². The zero-order valence-electron chi connectivity index (χ0n) is 6.38. The van der Waals surface area contributed by atoms with Gasteiger partial charge in [-0.25, -0.2) is 0 Å². The fraction of sp³-hybridized carbons (Fsp3) is 0.500. The number of furan rings is 1. The van der Waals surface area contributed by atoms with Crippen molar-refractivity contribution in [1.82, 2.24) is 0 Å². The van der Waals surface area contributed by atoms with Crippen molar-refractivity contribution in [2.75, 3.05) is 0 Å². The van der Waals surface area contributed by atoms with Crippen LogP contribution in [0.5, 0.6) is 0 Å². The molecular formula is C8H11BrO2. The lowest BCUT2D eigenvalue weighted by Gasteiger charge is -1.99. The van der Waals surface area contributed by atoms with Gasteiger partial charge < -0.3 is 9.52 Å². The van der Waals surface area contributed by atoms with Gasteiger partial charge in [-0.15, -0.1) is 0 Å². The van der Waals surface area contributed by atoms with Crippen LogP contribution in [0.25, 0.3) is 0 Å². The number of aliphatic hydroxyl groups is 1. The summed E-state index contributed by atoms with van der Waals surface area (Å²) >= 11 is 3.28. The van der Waals surface area contributed by atoms with Gasteiger partial charge in [-0.1, -0.05) is 0 Å². The Bertz CT molecular complexity index is 218. The third-order valence-corrected chi connectivity index (χ3v) is 1.85. The lowest BCUT2D eigenvalue weighted by Crippen LogP contribution is -2.00. The van der Waals surface area contributed by atoms with E-state index in [0.29, 0.717) is 0 Å². The van der Waals surface area contributed by atoms with Crippen LogP contribution in [0.4, 0.5) is 0 Å². The van der Waals surface area contributed by atoms with Crippen molar-refractivity contribution < 1.29 is 9.52 Å². The molecule has 1 N–H and O–H groups in total. The average Bonchev–Trinajstić information content (AvgIpc) is 2.31. The predicted molar refractivity (Wildman–Crippen MR) is 46.4 cm³/mol. The van der Waals surface area contributed by atoms with Crippen LogP contribution in [-0.2, 0) is 6.42 Å². The molecule has 0 aliphatic heterocycles. The summed E-state index contributed by atoms with van der Waals surface area (Å²) in [6.45, 7) is 1.78. The Balaban J connectivity index is 2.39. The van der Waals surface area contributed by atoms with E-state index in [1.54, 1.807) is 13.2 Å². The Morgan fingerprint density at radius 1 is 1.73 bits per heavy atom. The molecule has 0 spiro atoms. The predicted octanol–water partition coefficient (Wildman–Crippen LogP) is 2.36. The molecule has 0 aliphatic carbocycles. The number of rotatable bonds is 3. The van der Waals surface area contributed by atoms with Crippen LogP contribution < -0.4 is 0 Å². The van der Waals surface area contributed by atoms with Gasteiger partial charge >= 0.3 is 0 Å². The third-order valence-electron chi connectivity index (χ3n) is 1.43. The third kappa shape index (κ3) is 3.08. The lowest BCUT2D eigenvalue weighted by atomic mass is 10.2. The van der Waals surface area contributed by atoms with Crippen LogP contribution in [0.15, 0.2) is 21.2 Å². The summed E-state index contributed by atoms with van der Waals surface area (Å²) in [4.78, 5) is 0. The Kier molecular flexibility index (Phi) is 3.15. The van der Waals surface area contributed by atoms with E-state index >= 15 is 0 Å². The van der Waals surface area contributed by atoms with Crippen LogP contribution in [0, 0.1) is 0 Å². The van der Waals surface area contributed by atoms with Gasteiger partial charge in [-0.2, -0.15) is 0 Å². The van der Waals surface area contributed by atoms with Crippen molar-refractivity contribution in [3.05, 3.63) is 22.6 Å². The molecule has 1 heterocycles. The second kappa shape index (κ2) is 3.93. The van der Waals surface area contributed by atoms with Crippen molar-refractivity contribution >= 4 is 15.9 Å². The molecule has 3 heteroatoms. The van der Waals surface area contributed by atoms with E-state index < -0.39 is 0 Å². The topological polar surface area (TPSA) is 33.4 Å². The molecule has 0 aromatic carbocycles. The van der Waals surface area contributed by atoms with Crippen molar-refractivity contribution in [2.24, 2.45) is 0 Å². The van der Waals surface area contributed by atoms with Gasteiger partial charge in [-0.05, 0) is 35.3 Å². The molecule has 1 aromatic heterocycles. The molecule has 1 rings (SSSR count). The molecular weight excluding hydrogens is 208 g/mol. The van der Waals surface area contributed by atoms with E-state index in [9.17, 15) is 0 Å². The SMILES string of the molecule is C[C@@H](O)CCc1cc(Br)co1. The number of hydrogen-bond donors (Lipinski definition) is 1. The molecule has 0 saturated carbocycles. The molecule has 62 valence electrons. The van der Waals surface area contributed by atoms with Crippen LogP contribution in [0.1, 0.15) is 19.1 Å². The zero-order chi connectivity index (χ0) is 8.27. The van der Waals surface area contributed by atoms with E-state index in [4.69, 9.17) is 9.52 Å². The highest BCUT2D eigenvalue weighted by atomic mass is 79.9. The molecule has 1 atom stereocenters. The van der Waals surface area contributed by atoms with Gasteiger partial charge in [0.1, 0.15) is 12.0 Å². The fourth-order valence-corrected chi connectivity index (χ4v) is 1.18. The first-order valence-corrected chi connectivity index (χ1v) is 4.39. The molecule has 2 nitrogen and oxygen atoms in total. The molecule has 0 fully saturated rings. The summed E-state index contributed by atoms with van der Waals surface area (Å²) in [5.41, 5.74) is 0. The molecule has 0 aliphatic rings. The van der Waals surface area contributed by atoms with Crippen molar-refractivity contribution in [3.63, 3.8) is 0 Å². The first kappa shape index (κ1) is 8.81. The highest BCUT2D eigenvalue weighted by Gasteiger charge is 2.01. The van der Waals surface area contributed by atoms with Crippen molar-refractivity contribution in [3.8, 4) is 0 Å². The van der Waals surface area contributed by atoms with E-state index in [1.807, 2.05) is 6.07 Å². The first-order chi connectivity index (χ1) is 5.18. The number of aryl methyl sites for hydroxylation is 1. The van der Waals surface area contributed by atoms with Gasteiger partial charge in [0.25, 0.3) is 0 Å². The second-order valence-corrected chi connectivity index (χ2v) is 3.53. The van der Waals surface area contributed by atoms with E-state index in [2.05, 4.69) is 15.9 Å². The summed E-state index contributed by atoms with van der Waals surface area (Å²) in [5.74, 6) is 0.915. The van der Waals surface area contributed by atoms with Gasteiger partial charge in [0.15, 0.2) is 0 Å². The Morgan fingerprint density at radius 3 is 2.91 bits per heavy atom. The minimum absolute atomic E-state index is 0.251. The van der Waals surface area contributed by atoms with Gasteiger partial charge in [0.05, 0.1) is 10.6 Å². The Hall–Kier alpha value is -0.280. The number of aliphatic hydroxyl groups excluding tert-OH is 1. The van der Waals surface area contributed by atoms with Gasteiger partial charge in [-0.3, -0.25) is 0 Å². The maximum absolute atomic E-state index is 8.97. The van der Waals surface area contributed by atoms with Crippen LogP contribution in [0.3, 0.4) is 0 Å². The average molecular weight is 219 g/mol. The highest BCUT2D eigenvalue weighted by molar-refractivity contribution is 9.10. The second-order valence-electron chi connectivity index (χ2n) is 2.62. The number of hydrogen-bond acceptors (Lipinski definition) is 2. The Labute approximate surface area is 74.3 Å². The molecule has 0 radical (unpaired) electrons. The van der Waals surface area contributed by atoms with E-state index in [-0.39, 0.29) is 6.10 Å². The minimum Gasteiger partial charge on any atom is -0.468 e. The monoisotopic (exact) mass is 218 g/mol. The smallest absolute Gasteiger partial charge is 0.105 e. The van der Waals surface area contributed by atoms with Crippen LogP contribution in [-0.4, -0.2) is 11.2 Å². The molecule has 0 amide bonds. The molecule has 0 saturated heterocycles. The lowest BCUT2D eigenvalue weighted by molar-refractivity contribution is 0.182. The largest absolute Gasteiger partial charge is 0.468 e. The van der Waals surface area contributed by atoms with Crippen molar-refractivity contribution in [1.29, 1.82) is 0 Å². The summed E-state index contributed by atoms with van der Waals surface area (Å²) in [6, 6.07) is 1.92. The maximum atomic E-state index is 8.97. The summed E-state index contributed by atoms with van der Waals surface area (Å²) in [5, 5.41) is 8.97. The van der Waals surface area contributed by atoms with E-state index in [1.165, 1.54) is 0 Å². The first-order valence-electron chi connectivity index (χ1n) is 3.59. The molecule has 11 heavy (non-hydrogen) atoms. The quantitative estimate of drug-likeness (QED) is 0.846. The van der Waals surface area contributed by atoms with E-state index in [0.717, 1.165) is 23.1 Å². The van der Waals surface area contributed by atoms with Crippen LogP contribution >= 0.6 is 15.9 Å². The molecule has 1 aromatic rings. The van der Waals surface area contributed by atoms with Gasteiger partial charge in [0, 0.05) is 6.42 Å². The highest BCUT2D eigenvalue weighted by Crippen LogP contribution is 2.15. The molecule has 0 bridgehead atoms. The maximum Gasteiger partial charge on any atom is 0.105 e. The summed E-state index contributed by atoms with van der Waals surface area (Å²) in [7, 11) is 0. The molecule has 0 unspecified atom stereocenters.